The standard InChI is InChI=1S/C23H19FN4/c1-28(2)18-8-4-15(5-9-18)3-7-17-13-16-6-10-19(27-22(16)25-17)23-12-11-21(24)26-20(23)14-23/h4-6,8-13,20H,14H2,1-2H3,(H,25,27). The molecule has 3 aromatic rings. The van der Waals surface area contributed by atoms with Crippen LogP contribution in [0.2, 0.25) is 0 Å². The van der Waals surface area contributed by atoms with E-state index in [2.05, 4.69) is 38.8 Å². The number of nitrogens with zero attached hydrogens (tertiary/aromatic N) is 3. The van der Waals surface area contributed by atoms with Crippen LogP contribution in [0.1, 0.15) is 23.4 Å². The minimum atomic E-state index is -0.393. The summed E-state index contributed by atoms with van der Waals surface area (Å²) in [5, 5.41) is 1.01. The zero-order chi connectivity index (χ0) is 19.3. The van der Waals surface area contributed by atoms with Crippen LogP contribution in [-0.2, 0) is 5.41 Å². The fourth-order valence-corrected chi connectivity index (χ4v) is 3.69. The van der Waals surface area contributed by atoms with Crippen molar-refractivity contribution in [1.82, 2.24) is 9.97 Å². The smallest absolute Gasteiger partial charge is 0.208 e. The number of hydrogen-bond acceptors (Lipinski definition) is 3. The SMILES string of the molecule is CN(C)c1ccc(C#Cc2cc3ccc(C45C=CC(F)=NC4C5)nc3[nH]2)cc1. The molecule has 28 heavy (non-hydrogen) atoms. The highest BCUT2D eigenvalue weighted by Crippen LogP contribution is 2.53. The molecule has 1 aliphatic carbocycles. The van der Waals surface area contributed by atoms with Crippen molar-refractivity contribution in [2.24, 2.45) is 4.99 Å². The predicted octanol–water partition coefficient (Wildman–Crippen LogP) is 3.98. The third kappa shape index (κ3) is 2.78. The van der Waals surface area contributed by atoms with Crippen molar-refractivity contribution in [3.8, 4) is 11.8 Å². The zero-order valence-electron chi connectivity index (χ0n) is 15.7. The molecule has 0 saturated heterocycles. The predicted molar refractivity (Wildman–Crippen MR) is 111 cm³/mol. The maximum absolute atomic E-state index is 13.3. The van der Waals surface area contributed by atoms with E-state index in [4.69, 9.17) is 4.98 Å². The van der Waals surface area contributed by atoms with E-state index >= 15 is 0 Å². The number of aromatic amines is 1. The third-order valence-electron chi connectivity index (χ3n) is 5.44. The fourth-order valence-electron chi connectivity index (χ4n) is 3.69. The molecule has 5 rings (SSSR count). The van der Waals surface area contributed by atoms with Crippen molar-refractivity contribution < 1.29 is 4.39 Å². The Morgan fingerprint density at radius 1 is 1.14 bits per heavy atom. The number of allylic oxidation sites excluding steroid dienone is 1. The molecule has 1 saturated carbocycles. The summed E-state index contributed by atoms with van der Waals surface area (Å²) in [6.45, 7) is 0. The molecule has 2 atom stereocenters. The van der Waals surface area contributed by atoms with E-state index in [1.54, 1.807) is 0 Å². The summed E-state index contributed by atoms with van der Waals surface area (Å²) in [6.07, 6.45) is 4.16. The Morgan fingerprint density at radius 3 is 2.71 bits per heavy atom. The van der Waals surface area contributed by atoms with Crippen LogP contribution in [0.15, 0.2) is 59.6 Å². The summed E-state index contributed by atoms with van der Waals surface area (Å²) >= 11 is 0. The molecule has 0 amide bonds. The van der Waals surface area contributed by atoms with Gasteiger partial charge < -0.3 is 9.88 Å². The summed E-state index contributed by atoms with van der Waals surface area (Å²) in [6, 6.07) is 14.2. The summed E-state index contributed by atoms with van der Waals surface area (Å²) in [7, 11) is 4.03. The zero-order valence-corrected chi connectivity index (χ0v) is 15.7. The molecule has 1 aromatic carbocycles. The summed E-state index contributed by atoms with van der Waals surface area (Å²) < 4.78 is 13.3. The second-order valence-electron chi connectivity index (χ2n) is 7.55. The van der Waals surface area contributed by atoms with Gasteiger partial charge in [-0.05, 0) is 60.9 Å². The Balaban J connectivity index is 1.42. The summed E-state index contributed by atoms with van der Waals surface area (Å²) in [5.74, 6) is 5.97. The van der Waals surface area contributed by atoms with Gasteiger partial charge in [0.2, 0.25) is 5.97 Å². The van der Waals surface area contributed by atoms with E-state index in [-0.39, 0.29) is 11.5 Å². The molecule has 3 heterocycles. The van der Waals surface area contributed by atoms with Crippen LogP contribution < -0.4 is 4.90 Å². The number of dihydropyridines is 1. The number of aromatic nitrogens is 2. The molecule has 4 nitrogen and oxygen atoms in total. The topological polar surface area (TPSA) is 44.3 Å². The van der Waals surface area contributed by atoms with Gasteiger partial charge in [-0.2, -0.15) is 4.39 Å². The average molecular weight is 370 g/mol. The molecular weight excluding hydrogens is 351 g/mol. The van der Waals surface area contributed by atoms with Gasteiger partial charge in [-0.1, -0.05) is 12.0 Å². The Bertz CT molecular complexity index is 1190. The number of aliphatic imine (C=N–C) groups is 1. The second kappa shape index (κ2) is 6.07. The summed E-state index contributed by atoms with van der Waals surface area (Å²) in [4.78, 5) is 14.2. The van der Waals surface area contributed by atoms with E-state index in [0.717, 1.165) is 40.1 Å². The lowest BCUT2D eigenvalue weighted by molar-refractivity contribution is 0.738. The molecule has 0 bridgehead atoms. The van der Waals surface area contributed by atoms with Crippen molar-refractivity contribution in [1.29, 1.82) is 0 Å². The largest absolute Gasteiger partial charge is 0.378 e. The van der Waals surface area contributed by atoms with Crippen molar-refractivity contribution in [3.05, 3.63) is 71.6 Å². The molecular formula is C23H19FN4. The Hall–Kier alpha value is -3.39. The van der Waals surface area contributed by atoms with Crippen molar-refractivity contribution in [2.45, 2.75) is 17.9 Å². The second-order valence-corrected chi connectivity index (χ2v) is 7.55. The molecule has 1 N–H and O–H groups in total. The van der Waals surface area contributed by atoms with Crippen LogP contribution in [0.4, 0.5) is 10.1 Å². The van der Waals surface area contributed by atoms with Crippen LogP contribution in [0.5, 0.6) is 0 Å². The quantitative estimate of drug-likeness (QED) is 0.694. The van der Waals surface area contributed by atoms with E-state index in [1.807, 2.05) is 50.5 Å². The van der Waals surface area contributed by atoms with Crippen LogP contribution in [-0.4, -0.2) is 36.1 Å². The molecule has 0 radical (unpaired) electrons. The number of pyridine rings is 1. The van der Waals surface area contributed by atoms with Crippen LogP contribution >= 0.6 is 0 Å². The first-order valence-corrected chi connectivity index (χ1v) is 9.26. The van der Waals surface area contributed by atoms with Crippen LogP contribution in [0, 0.1) is 11.8 Å². The first-order chi connectivity index (χ1) is 13.5. The minimum Gasteiger partial charge on any atom is -0.378 e. The molecule has 2 unspecified atom stereocenters. The highest BCUT2D eigenvalue weighted by atomic mass is 19.1. The normalized spacial score (nSPS) is 22.2. The van der Waals surface area contributed by atoms with Gasteiger partial charge in [0.15, 0.2) is 0 Å². The lowest BCUT2D eigenvalue weighted by atomic mass is 9.98. The molecule has 2 aromatic heterocycles. The Labute approximate surface area is 162 Å². The number of halogens is 1. The Morgan fingerprint density at radius 2 is 1.96 bits per heavy atom. The van der Waals surface area contributed by atoms with Gasteiger partial charge in [-0.15, -0.1) is 0 Å². The maximum atomic E-state index is 13.3. The Kier molecular flexibility index (Phi) is 3.63. The first kappa shape index (κ1) is 16.8. The fraction of sp³-hybridized carbons (Fsp3) is 0.217. The molecule has 1 fully saturated rings. The van der Waals surface area contributed by atoms with Gasteiger partial charge >= 0.3 is 0 Å². The monoisotopic (exact) mass is 370 g/mol. The van der Waals surface area contributed by atoms with Gasteiger partial charge in [0.1, 0.15) is 5.65 Å². The van der Waals surface area contributed by atoms with Crippen LogP contribution in [0.3, 0.4) is 0 Å². The lowest BCUT2D eigenvalue weighted by Crippen LogP contribution is -2.14. The number of anilines is 1. The molecule has 2 aliphatic rings. The van der Waals surface area contributed by atoms with Crippen molar-refractivity contribution in [3.63, 3.8) is 0 Å². The highest BCUT2D eigenvalue weighted by Gasteiger charge is 2.56. The van der Waals surface area contributed by atoms with E-state index in [9.17, 15) is 4.39 Å². The van der Waals surface area contributed by atoms with Gasteiger partial charge in [0.25, 0.3) is 0 Å². The van der Waals surface area contributed by atoms with E-state index < -0.39 is 5.97 Å². The van der Waals surface area contributed by atoms with Crippen LogP contribution in [0.25, 0.3) is 11.0 Å². The van der Waals surface area contributed by atoms with Gasteiger partial charge in [-0.3, -0.25) is 4.99 Å². The van der Waals surface area contributed by atoms with E-state index in [0.29, 0.717) is 0 Å². The number of hydrogen-bond donors (Lipinski definition) is 1. The molecule has 0 spiro atoms. The van der Waals surface area contributed by atoms with Gasteiger partial charge in [0.05, 0.1) is 22.8 Å². The molecule has 5 heteroatoms. The minimum absolute atomic E-state index is 0.0261. The molecule has 138 valence electrons. The third-order valence-corrected chi connectivity index (χ3v) is 5.44. The maximum Gasteiger partial charge on any atom is 0.208 e. The number of H-pyrrole nitrogens is 1. The number of nitrogens with one attached hydrogen (secondary N) is 1. The number of rotatable bonds is 2. The highest BCUT2D eigenvalue weighted by molar-refractivity contribution is 5.89. The first-order valence-electron chi connectivity index (χ1n) is 9.26. The molecule has 1 aliphatic heterocycles. The van der Waals surface area contributed by atoms with Crippen molar-refractivity contribution >= 4 is 22.7 Å². The van der Waals surface area contributed by atoms with Gasteiger partial charge in [0, 0.05) is 30.7 Å². The van der Waals surface area contributed by atoms with Crippen molar-refractivity contribution in [2.75, 3.05) is 19.0 Å². The lowest BCUT2D eigenvalue weighted by Gasteiger charge is -2.13. The van der Waals surface area contributed by atoms with Gasteiger partial charge in [-0.25, -0.2) is 4.98 Å². The van der Waals surface area contributed by atoms with E-state index in [1.165, 1.54) is 6.08 Å². The summed E-state index contributed by atoms with van der Waals surface area (Å²) in [5.41, 5.74) is 4.42. The number of fused-ring (bicyclic) bond motifs is 2. The average Bonchev–Trinajstić information content (AvgIpc) is 3.27. The number of benzene rings is 1.